The summed E-state index contributed by atoms with van der Waals surface area (Å²) in [5.74, 6) is 2.23. The van der Waals surface area contributed by atoms with Crippen LogP contribution in [0.15, 0.2) is 74.8 Å². The molecular weight excluding hydrogens is 430 g/mol. The first kappa shape index (κ1) is 22.1. The summed E-state index contributed by atoms with van der Waals surface area (Å²) in [6.07, 6.45) is 0.910. The van der Waals surface area contributed by atoms with E-state index in [1.165, 1.54) is 10.4 Å². The quantitative estimate of drug-likeness (QED) is 0.551. The fraction of sp³-hybridized carbons (Fsp3) is 0.292. The molecule has 0 bridgehead atoms. The van der Waals surface area contributed by atoms with Gasteiger partial charge in [-0.1, -0.05) is 18.2 Å². The van der Waals surface area contributed by atoms with Crippen molar-refractivity contribution in [2.45, 2.75) is 37.7 Å². The van der Waals surface area contributed by atoms with Gasteiger partial charge in [0.2, 0.25) is 10.0 Å². The fourth-order valence-electron chi connectivity index (χ4n) is 3.65. The second-order valence-corrected chi connectivity index (χ2v) is 9.72. The first-order chi connectivity index (χ1) is 15.3. The van der Waals surface area contributed by atoms with Crippen molar-refractivity contribution in [1.29, 1.82) is 0 Å². The summed E-state index contributed by atoms with van der Waals surface area (Å²) in [6, 6.07) is 17.1. The summed E-state index contributed by atoms with van der Waals surface area (Å²) in [5.41, 5.74) is 0.538. The fourth-order valence-corrected chi connectivity index (χ4v) is 5.12. The van der Waals surface area contributed by atoms with E-state index in [4.69, 9.17) is 13.9 Å². The molecule has 32 heavy (non-hydrogen) atoms. The second-order valence-electron chi connectivity index (χ2n) is 7.78. The molecule has 7 nitrogen and oxygen atoms in total. The highest BCUT2D eigenvalue weighted by Gasteiger charge is 2.30. The van der Waals surface area contributed by atoms with Crippen LogP contribution in [0.25, 0.3) is 0 Å². The Hall–Kier alpha value is -3.10. The molecule has 0 spiro atoms. The van der Waals surface area contributed by atoms with Crippen LogP contribution in [-0.4, -0.2) is 31.9 Å². The van der Waals surface area contributed by atoms with Crippen LogP contribution in [-0.2, 0) is 10.0 Å². The Bertz CT molecular complexity index is 1240. The number of benzene rings is 2. The molecule has 1 aliphatic heterocycles. The molecular formula is C24H25NO6S. The van der Waals surface area contributed by atoms with Gasteiger partial charge in [-0.25, -0.2) is 13.2 Å². The lowest BCUT2D eigenvalue weighted by molar-refractivity contribution is 0.134. The third-order valence-electron chi connectivity index (χ3n) is 5.35. The standard InChI is InChI=1S/C24H25NO6S/c1-17-5-3-4-6-23(17)31-19-7-9-22(10-8-19)32(27,28)25-13-11-20(12-14-25)30-21-15-18(2)29-24(26)16-21/h3-10,15-16,20H,11-14H2,1-2H3. The van der Waals surface area contributed by atoms with Crippen molar-refractivity contribution in [2.24, 2.45) is 0 Å². The zero-order valence-electron chi connectivity index (χ0n) is 18.0. The number of para-hydroxylation sites is 1. The molecule has 1 saturated heterocycles. The van der Waals surface area contributed by atoms with Gasteiger partial charge in [-0.15, -0.1) is 0 Å². The third kappa shape index (κ3) is 5.03. The second kappa shape index (κ2) is 9.18. The number of piperidine rings is 1. The largest absolute Gasteiger partial charge is 0.490 e. The molecule has 2 heterocycles. The number of hydrogen-bond donors (Lipinski definition) is 0. The summed E-state index contributed by atoms with van der Waals surface area (Å²) in [6.45, 7) is 4.32. The molecule has 1 aromatic heterocycles. The van der Waals surface area contributed by atoms with Crippen molar-refractivity contribution in [3.63, 3.8) is 0 Å². The monoisotopic (exact) mass is 455 g/mol. The minimum absolute atomic E-state index is 0.160. The summed E-state index contributed by atoms with van der Waals surface area (Å²) in [7, 11) is -3.61. The van der Waals surface area contributed by atoms with E-state index in [1.54, 1.807) is 37.3 Å². The molecule has 0 radical (unpaired) electrons. The predicted molar refractivity (Wildman–Crippen MR) is 120 cm³/mol. The molecule has 1 fully saturated rings. The number of sulfonamides is 1. The van der Waals surface area contributed by atoms with E-state index in [-0.39, 0.29) is 11.0 Å². The zero-order chi connectivity index (χ0) is 22.7. The topological polar surface area (TPSA) is 86.0 Å². The number of rotatable bonds is 6. The van der Waals surface area contributed by atoms with Gasteiger partial charge in [-0.2, -0.15) is 4.31 Å². The maximum Gasteiger partial charge on any atom is 0.339 e. The van der Waals surface area contributed by atoms with Crippen LogP contribution in [0, 0.1) is 13.8 Å². The molecule has 168 valence electrons. The number of ether oxygens (including phenoxy) is 2. The van der Waals surface area contributed by atoms with Gasteiger partial charge in [0.05, 0.1) is 11.0 Å². The maximum absolute atomic E-state index is 13.1. The first-order valence-corrected chi connectivity index (χ1v) is 11.9. The maximum atomic E-state index is 13.1. The molecule has 8 heteroatoms. The SMILES string of the molecule is Cc1cc(OC2CCN(S(=O)(=O)c3ccc(Oc4ccccc4C)cc3)CC2)cc(=O)o1. The highest BCUT2D eigenvalue weighted by molar-refractivity contribution is 7.89. The van der Waals surface area contributed by atoms with Crippen LogP contribution >= 0.6 is 0 Å². The van der Waals surface area contributed by atoms with E-state index in [1.807, 2.05) is 31.2 Å². The summed E-state index contributed by atoms with van der Waals surface area (Å²) in [4.78, 5) is 11.7. The van der Waals surface area contributed by atoms with Gasteiger partial charge in [0.15, 0.2) is 0 Å². The molecule has 0 saturated carbocycles. The minimum Gasteiger partial charge on any atom is -0.490 e. The van der Waals surface area contributed by atoms with Crippen LogP contribution in [0.3, 0.4) is 0 Å². The highest BCUT2D eigenvalue weighted by atomic mass is 32.2. The number of aryl methyl sites for hydroxylation is 2. The van der Waals surface area contributed by atoms with E-state index in [2.05, 4.69) is 0 Å². The van der Waals surface area contributed by atoms with E-state index in [0.29, 0.717) is 43.2 Å². The van der Waals surface area contributed by atoms with Crippen LogP contribution in [0.5, 0.6) is 17.2 Å². The number of hydrogen-bond acceptors (Lipinski definition) is 6. The van der Waals surface area contributed by atoms with Crippen LogP contribution in [0.2, 0.25) is 0 Å². The summed E-state index contributed by atoms with van der Waals surface area (Å²) in [5, 5.41) is 0. The van der Waals surface area contributed by atoms with Crippen molar-refractivity contribution < 1.29 is 22.3 Å². The van der Waals surface area contributed by atoms with E-state index in [9.17, 15) is 13.2 Å². The van der Waals surface area contributed by atoms with Crippen molar-refractivity contribution in [3.8, 4) is 17.2 Å². The van der Waals surface area contributed by atoms with E-state index in [0.717, 1.165) is 11.3 Å². The van der Waals surface area contributed by atoms with E-state index < -0.39 is 15.6 Å². The summed E-state index contributed by atoms with van der Waals surface area (Å²) >= 11 is 0. The van der Waals surface area contributed by atoms with Crippen molar-refractivity contribution in [1.82, 2.24) is 4.31 Å². The lowest BCUT2D eigenvalue weighted by Crippen LogP contribution is -2.41. The highest BCUT2D eigenvalue weighted by Crippen LogP contribution is 2.28. The molecule has 1 aliphatic rings. The Morgan fingerprint density at radius 1 is 0.938 bits per heavy atom. The average molecular weight is 456 g/mol. The summed E-state index contributed by atoms with van der Waals surface area (Å²) < 4.78 is 44.2. The van der Waals surface area contributed by atoms with E-state index >= 15 is 0 Å². The Labute approximate surface area is 187 Å². The molecule has 0 atom stereocenters. The van der Waals surface area contributed by atoms with Crippen LogP contribution in [0.1, 0.15) is 24.2 Å². The molecule has 0 aliphatic carbocycles. The predicted octanol–water partition coefficient (Wildman–Crippen LogP) is 4.28. The van der Waals surface area contributed by atoms with Gasteiger partial charge in [-0.3, -0.25) is 0 Å². The van der Waals surface area contributed by atoms with Crippen LogP contribution in [0.4, 0.5) is 0 Å². The zero-order valence-corrected chi connectivity index (χ0v) is 18.8. The Morgan fingerprint density at radius 2 is 1.62 bits per heavy atom. The molecule has 0 N–H and O–H groups in total. The van der Waals surface area contributed by atoms with Crippen LogP contribution < -0.4 is 15.1 Å². The first-order valence-electron chi connectivity index (χ1n) is 10.4. The van der Waals surface area contributed by atoms with Gasteiger partial charge in [0.25, 0.3) is 0 Å². The van der Waals surface area contributed by atoms with Gasteiger partial charge < -0.3 is 13.9 Å². The molecule has 2 aromatic carbocycles. The van der Waals surface area contributed by atoms with Crippen molar-refractivity contribution in [2.75, 3.05) is 13.1 Å². The van der Waals surface area contributed by atoms with Gasteiger partial charge in [-0.05, 0) is 62.6 Å². The normalized spacial score (nSPS) is 15.4. The van der Waals surface area contributed by atoms with Gasteiger partial charge >= 0.3 is 5.63 Å². The smallest absolute Gasteiger partial charge is 0.339 e. The molecule has 0 amide bonds. The minimum atomic E-state index is -3.61. The van der Waals surface area contributed by atoms with Crippen molar-refractivity contribution >= 4 is 10.0 Å². The van der Waals surface area contributed by atoms with Gasteiger partial charge in [0.1, 0.15) is 29.1 Å². The average Bonchev–Trinajstić information content (AvgIpc) is 2.75. The molecule has 4 rings (SSSR count). The Balaban J connectivity index is 1.38. The number of nitrogens with zero attached hydrogens (tertiary/aromatic N) is 1. The molecule has 3 aromatic rings. The lowest BCUT2D eigenvalue weighted by atomic mass is 10.1. The van der Waals surface area contributed by atoms with Crippen molar-refractivity contribution in [3.05, 3.63) is 82.4 Å². The lowest BCUT2D eigenvalue weighted by Gasteiger charge is -2.31. The van der Waals surface area contributed by atoms with Gasteiger partial charge in [0, 0.05) is 19.2 Å². The molecule has 0 unspecified atom stereocenters. The Kier molecular flexibility index (Phi) is 6.34. The third-order valence-corrected chi connectivity index (χ3v) is 7.27. The Morgan fingerprint density at radius 3 is 2.28 bits per heavy atom.